The summed E-state index contributed by atoms with van der Waals surface area (Å²) in [6.07, 6.45) is 2.41. The van der Waals surface area contributed by atoms with Crippen LogP contribution >= 0.6 is 0 Å². The third kappa shape index (κ3) is 3.99. The van der Waals surface area contributed by atoms with Crippen molar-refractivity contribution in [2.75, 3.05) is 11.9 Å². The Bertz CT molecular complexity index is 396. The fraction of sp³-hybridized carbons (Fsp3) is 0.545. The molecule has 1 aromatic rings. The molecule has 1 aromatic heterocycles. The molecule has 0 aliphatic carbocycles. The first kappa shape index (κ1) is 13.4. The fourth-order valence-electron chi connectivity index (χ4n) is 1.39. The number of hydrogen-bond donors (Lipinski definition) is 2. The zero-order valence-corrected chi connectivity index (χ0v) is 10.0. The van der Waals surface area contributed by atoms with E-state index in [4.69, 9.17) is 0 Å². The van der Waals surface area contributed by atoms with Crippen molar-refractivity contribution in [2.24, 2.45) is 0 Å². The van der Waals surface area contributed by atoms with E-state index in [1.54, 1.807) is 13.1 Å². The highest BCUT2D eigenvalue weighted by Crippen LogP contribution is 2.22. The zero-order valence-electron chi connectivity index (χ0n) is 10.0. The quantitative estimate of drug-likeness (QED) is 0.584. The van der Waals surface area contributed by atoms with Gasteiger partial charge in [-0.3, -0.25) is 10.1 Å². The van der Waals surface area contributed by atoms with Crippen molar-refractivity contribution < 1.29 is 10.0 Å². The Labute approximate surface area is 99.8 Å². The lowest BCUT2D eigenvalue weighted by molar-refractivity contribution is -0.384. The maximum Gasteiger partial charge on any atom is 0.311 e. The van der Waals surface area contributed by atoms with Gasteiger partial charge in [0.2, 0.25) is 5.82 Å². The van der Waals surface area contributed by atoms with Gasteiger partial charge in [0.05, 0.1) is 11.0 Å². The summed E-state index contributed by atoms with van der Waals surface area (Å²) in [5, 5.41) is 23.0. The summed E-state index contributed by atoms with van der Waals surface area (Å²) in [5.41, 5.74) is 0.715. The van der Waals surface area contributed by atoms with Gasteiger partial charge < -0.3 is 10.4 Å². The molecule has 0 aliphatic heterocycles. The van der Waals surface area contributed by atoms with E-state index in [-0.39, 0.29) is 17.6 Å². The second-order valence-electron chi connectivity index (χ2n) is 3.92. The minimum atomic E-state index is -0.460. The molecule has 0 fully saturated rings. The van der Waals surface area contributed by atoms with Gasteiger partial charge in [0.1, 0.15) is 0 Å². The molecule has 0 saturated carbocycles. The highest BCUT2D eigenvalue weighted by molar-refractivity contribution is 5.56. The molecule has 1 atom stereocenters. The second kappa shape index (κ2) is 6.15. The van der Waals surface area contributed by atoms with Crippen molar-refractivity contribution in [3.8, 4) is 0 Å². The van der Waals surface area contributed by atoms with Gasteiger partial charge in [-0.05, 0) is 25.3 Å². The standard InChI is InChI=1S/C11H17N3O3/c1-3-9(15)4-5-12-11-10(14(16)17)6-8(2)7-13-11/h6-7,9,15H,3-5H2,1-2H3,(H,12,13). The van der Waals surface area contributed by atoms with E-state index < -0.39 is 4.92 Å². The number of pyridine rings is 1. The van der Waals surface area contributed by atoms with Gasteiger partial charge in [0.15, 0.2) is 0 Å². The van der Waals surface area contributed by atoms with Crippen LogP contribution in [0.3, 0.4) is 0 Å². The van der Waals surface area contributed by atoms with Gasteiger partial charge in [-0.2, -0.15) is 0 Å². The van der Waals surface area contributed by atoms with E-state index in [1.807, 2.05) is 6.92 Å². The SMILES string of the molecule is CCC(O)CCNc1ncc(C)cc1[N+](=O)[O-]. The first-order valence-corrected chi connectivity index (χ1v) is 5.57. The molecular formula is C11H17N3O3. The Morgan fingerprint density at radius 3 is 2.94 bits per heavy atom. The number of nitro groups is 1. The second-order valence-corrected chi connectivity index (χ2v) is 3.92. The number of aliphatic hydroxyl groups is 1. The molecule has 0 spiro atoms. The molecule has 17 heavy (non-hydrogen) atoms. The van der Waals surface area contributed by atoms with Crippen LogP contribution in [0.2, 0.25) is 0 Å². The highest BCUT2D eigenvalue weighted by Gasteiger charge is 2.15. The van der Waals surface area contributed by atoms with E-state index >= 15 is 0 Å². The van der Waals surface area contributed by atoms with Crippen molar-refractivity contribution in [1.82, 2.24) is 4.98 Å². The summed E-state index contributed by atoms with van der Waals surface area (Å²) >= 11 is 0. The summed E-state index contributed by atoms with van der Waals surface area (Å²) < 4.78 is 0. The van der Waals surface area contributed by atoms with Gasteiger partial charge in [-0.15, -0.1) is 0 Å². The normalized spacial score (nSPS) is 12.2. The number of nitrogens with one attached hydrogen (secondary N) is 1. The fourth-order valence-corrected chi connectivity index (χ4v) is 1.39. The molecule has 1 unspecified atom stereocenters. The average molecular weight is 239 g/mol. The molecule has 94 valence electrons. The van der Waals surface area contributed by atoms with Crippen molar-refractivity contribution in [3.63, 3.8) is 0 Å². The lowest BCUT2D eigenvalue weighted by Gasteiger charge is -2.09. The van der Waals surface area contributed by atoms with Gasteiger partial charge in [-0.1, -0.05) is 6.92 Å². The summed E-state index contributed by atoms with van der Waals surface area (Å²) in [6.45, 7) is 4.10. The Hall–Kier alpha value is -1.69. The van der Waals surface area contributed by atoms with Crippen LogP contribution in [0.25, 0.3) is 0 Å². The van der Waals surface area contributed by atoms with E-state index in [0.29, 0.717) is 19.4 Å². The Balaban J connectivity index is 2.67. The molecule has 0 radical (unpaired) electrons. The largest absolute Gasteiger partial charge is 0.393 e. The minimum absolute atomic E-state index is 0.0315. The van der Waals surface area contributed by atoms with Crippen molar-refractivity contribution in [2.45, 2.75) is 32.8 Å². The van der Waals surface area contributed by atoms with Gasteiger partial charge in [0, 0.05) is 18.8 Å². The highest BCUT2D eigenvalue weighted by atomic mass is 16.6. The number of rotatable bonds is 6. The predicted octanol–water partition coefficient (Wildman–Crippen LogP) is 1.87. The molecule has 0 saturated heterocycles. The molecule has 0 aromatic carbocycles. The molecule has 6 heteroatoms. The Morgan fingerprint density at radius 1 is 1.65 bits per heavy atom. The van der Waals surface area contributed by atoms with Crippen LogP contribution < -0.4 is 5.32 Å². The molecule has 1 heterocycles. The van der Waals surface area contributed by atoms with Crippen LogP contribution in [-0.2, 0) is 0 Å². The number of aliphatic hydroxyl groups excluding tert-OH is 1. The van der Waals surface area contributed by atoms with Crippen LogP contribution in [0.15, 0.2) is 12.3 Å². The molecule has 0 bridgehead atoms. The summed E-state index contributed by atoms with van der Waals surface area (Å²) in [4.78, 5) is 14.3. The molecule has 0 aliphatic rings. The third-order valence-corrected chi connectivity index (χ3v) is 2.44. The molecule has 2 N–H and O–H groups in total. The molecule has 0 amide bonds. The van der Waals surface area contributed by atoms with Gasteiger partial charge in [0.25, 0.3) is 0 Å². The monoisotopic (exact) mass is 239 g/mol. The molecular weight excluding hydrogens is 222 g/mol. The van der Waals surface area contributed by atoms with Crippen molar-refractivity contribution >= 4 is 11.5 Å². The maximum absolute atomic E-state index is 10.8. The number of nitrogens with zero attached hydrogens (tertiary/aromatic N) is 2. The number of anilines is 1. The number of aryl methyl sites for hydroxylation is 1. The van der Waals surface area contributed by atoms with Crippen LogP contribution in [0.5, 0.6) is 0 Å². The van der Waals surface area contributed by atoms with Crippen molar-refractivity contribution in [1.29, 1.82) is 0 Å². The molecule has 1 rings (SSSR count). The molecule has 6 nitrogen and oxygen atoms in total. The smallest absolute Gasteiger partial charge is 0.311 e. The summed E-state index contributed by atoms with van der Waals surface area (Å²) in [7, 11) is 0. The van der Waals surface area contributed by atoms with Crippen molar-refractivity contribution in [3.05, 3.63) is 27.9 Å². The summed E-state index contributed by atoms with van der Waals surface area (Å²) in [6, 6.07) is 1.48. The third-order valence-electron chi connectivity index (χ3n) is 2.44. The Kier molecular flexibility index (Phi) is 4.84. The first-order valence-electron chi connectivity index (χ1n) is 5.57. The van der Waals surface area contributed by atoms with E-state index in [1.165, 1.54) is 6.07 Å². The topological polar surface area (TPSA) is 88.3 Å². The summed E-state index contributed by atoms with van der Waals surface area (Å²) in [5.74, 6) is 0.254. The van der Waals surface area contributed by atoms with E-state index in [2.05, 4.69) is 10.3 Å². The van der Waals surface area contributed by atoms with E-state index in [9.17, 15) is 15.2 Å². The zero-order chi connectivity index (χ0) is 12.8. The lowest BCUT2D eigenvalue weighted by atomic mass is 10.2. The van der Waals surface area contributed by atoms with Crippen LogP contribution in [0.1, 0.15) is 25.3 Å². The lowest BCUT2D eigenvalue weighted by Crippen LogP contribution is -2.13. The number of aromatic nitrogens is 1. The average Bonchev–Trinajstić information content (AvgIpc) is 2.30. The number of hydrogen-bond acceptors (Lipinski definition) is 5. The minimum Gasteiger partial charge on any atom is -0.393 e. The van der Waals surface area contributed by atoms with E-state index in [0.717, 1.165) is 5.56 Å². The van der Waals surface area contributed by atoms with Gasteiger partial charge in [-0.25, -0.2) is 4.98 Å². The van der Waals surface area contributed by atoms with Crippen LogP contribution in [0.4, 0.5) is 11.5 Å². The Morgan fingerprint density at radius 2 is 2.35 bits per heavy atom. The maximum atomic E-state index is 10.8. The van der Waals surface area contributed by atoms with Crippen LogP contribution in [0, 0.1) is 17.0 Å². The predicted molar refractivity (Wildman–Crippen MR) is 65.0 cm³/mol. The van der Waals surface area contributed by atoms with Crippen LogP contribution in [-0.4, -0.2) is 27.7 Å². The first-order chi connectivity index (χ1) is 8.04. The van der Waals surface area contributed by atoms with Gasteiger partial charge >= 0.3 is 5.69 Å².